The van der Waals surface area contributed by atoms with E-state index in [1.54, 1.807) is 22.8 Å². The van der Waals surface area contributed by atoms with Crippen LogP contribution in [0.15, 0.2) is 43.0 Å². The number of rotatable bonds is 6. The quantitative estimate of drug-likeness (QED) is 0.703. The standard InChI is InChI=1S/C16H16ClN5O/c17-14-5-3-12(4-6-14)8-15(23)18-7-1-2-13-9-19-16-20-11-21-22(16)10-13/h3-6,9-11H,1-2,7-8H2,(H,18,23). The molecule has 0 fully saturated rings. The van der Waals surface area contributed by atoms with E-state index in [4.69, 9.17) is 11.6 Å². The molecule has 0 unspecified atom stereocenters. The average molecular weight is 330 g/mol. The van der Waals surface area contributed by atoms with Gasteiger partial charge in [-0.3, -0.25) is 4.79 Å². The molecule has 1 N–H and O–H groups in total. The number of fused-ring (bicyclic) bond motifs is 1. The van der Waals surface area contributed by atoms with Crippen molar-refractivity contribution in [3.63, 3.8) is 0 Å². The number of aryl methyl sites for hydroxylation is 1. The highest BCUT2D eigenvalue weighted by molar-refractivity contribution is 6.30. The van der Waals surface area contributed by atoms with Crippen molar-refractivity contribution in [3.05, 3.63) is 59.1 Å². The SMILES string of the molecule is O=C(Cc1ccc(Cl)cc1)NCCCc1cnc2ncnn2c1. The van der Waals surface area contributed by atoms with Crippen LogP contribution in [-0.2, 0) is 17.6 Å². The second kappa shape index (κ2) is 7.19. The Kier molecular flexibility index (Phi) is 4.83. The van der Waals surface area contributed by atoms with E-state index in [1.807, 2.05) is 18.3 Å². The Balaban J connectivity index is 1.42. The van der Waals surface area contributed by atoms with Gasteiger partial charge in [-0.2, -0.15) is 10.1 Å². The van der Waals surface area contributed by atoms with E-state index in [0.717, 1.165) is 24.0 Å². The van der Waals surface area contributed by atoms with Crippen LogP contribution in [0.3, 0.4) is 0 Å². The molecule has 0 saturated heterocycles. The number of carbonyl (C=O) groups is 1. The summed E-state index contributed by atoms with van der Waals surface area (Å²) < 4.78 is 1.65. The largest absolute Gasteiger partial charge is 0.356 e. The Hall–Kier alpha value is -2.47. The van der Waals surface area contributed by atoms with E-state index in [0.29, 0.717) is 23.8 Å². The lowest BCUT2D eigenvalue weighted by Crippen LogP contribution is -2.26. The predicted octanol–water partition coefficient (Wildman–Crippen LogP) is 2.07. The van der Waals surface area contributed by atoms with E-state index in [9.17, 15) is 4.79 Å². The van der Waals surface area contributed by atoms with Crippen molar-refractivity contribution in [3.8, 4) is 0 Å². The first kappa shape index (κ1) is 15.4. The fraction of sp³-hybridized carbons (Fsp3) is 0.250. The number of hydrogen-bond donors (Lipinski definition) is 1. The van der Waals surface area contributed by atoms with Crippen molar-refractivity contribution >= 4 is 23.3 Å². The van der Waals surface area contributed by atoms with Crippen LogP contribution in [0.4, 0.5) is 0 Å². The molecule has 1 amide bonds. The fourth-order valence-electron chi connectivity index (χ4n) is 2.26. The first-order chi connectivity index (χ1) is 11.2. The smallest absolute Gasteiger partial charge is 0.252 e. The minimum Gasteiger partial charge on any atom is -0.356 e. The van der Waals surface area contributed by atoms with Gasteiger partial charge in [0.25, 0.3) is 5.78 Å². The predicted molar refractivity (Wildman–Crippen MR) is 87.3 cm³/mol. The highest BCUT2D eigenvalue weighted by atomic mass is 35.5. The van der Waals surface area contributed by atoms with E-state index < -0.39 is 0 Å². The van der Waals surface area contributed by atoms with Gasteiger partial charge in [-0.1, -0.05) is 23.7 Å². The number of benzene rings is 1. The zero-order valence-corrected chi connectivity index (χ0v) is 13.2. The second-order valence-electron chi connectivity index (χ2n) is 5.22. The molecule has 0 atom stereocenters. The summed E-state index contributed by atoms with van der Waals surface area (Å²) in [5.74, 6) is 0.599. The van der Waals surface area contributed by atoms with Gasteiger partial charge in [-0.15, -0.1) is 0 Å². The number of nitrogens with one attached hydrogen (secondary N) is 1. The van der Waals surface area contributed by atoms with E-state index >= 15 is 0 Å². The summed E-state index contributed by atoms with van der Waals surface area (Å²) in [4.78, 5) is 20.1. The average Bonchev–Trinajstić information content (AvgIpc) is 3.01. The molecule has 0 radical (unpaired) electrons. The summed E-state index contributed by atoms with van der Waals surface area (Å²) in [5, 5.41) is 7.65. The molecule has 6 nitrogen and oxygen atoms in total. The van der Waals surface area contributed by atoms with Crippen molar-refractivity contribution < 1.29 is 4.79 Å². The molecule has 0 aliphatic carbocycles. The molecular weight excluding hydrogens is 314 g/mol. The van der Waals surface area contributed by atoms with E-state index in [2.05, 4.69) is 20.4 Å². The highest BCUT2D eigenvalue weighted by Gasteiger charge is 2.04. The molecule has 3 aromatic rings. The number of hydrogen-bond acceptors (Lipinski definition) is 4. The minimum absolute atomic E-state index is 0.0113. The van der Waals surface area contributed by atoms with Crippen molar-refractivity contribution in [2.75, 3.05) is 6.54 Å². The monoisotopic (exact) mass is 329 g/mol. The van der Waals surface area contributed by atoms with Crippen molar-refractivity contribution in [2.24, 2.45) is 0 Å². The molecule has 2 aromatic heterocycles. The zero-order valence-electron chi connectivity index (χ0n) is 12.4. The van der Waals surface area contributed by atoms with Crippen LogP contribution >= 0.6 is 11.6 Å². The van der Waals surface area contributed by atoms with E-state index in [-0.39, 0.29) is 5.91 Å². The number of carbonyl (C=O) groups excluding carboxylic acids is 1. The molecule has 7 heteroatoms. The molecule has 118 valence electrons. The number of nitrogens with zero attached hydrogens (tertiary/aromatic N) is 4. The maximum absolute atomic E-state index is 11.9. The molecule has 0 aliphatic rings. The second-order valence-corrected chi connectivity index (χ2v) is 5.66. The van der Waals surface area contributed by atoms with Crippen molar-refractivity contribution in [1.29, 1.82) is 0 Å². The van der Waals surface area contributed by atoms with Gasteiger partial charge in [-0.25, -0.2) is 9.50 Å². The van der Waals surface area contributed by atoms with Gasteiger partial charge < -0.3 is 5.32 Å². The maximum atomic E-state index is 11.9. The van der Waals surface area contributed by atoms with Gasteiger partial charge in [0.15, 0.2) is 0 Å². The summed E-state index contributed by atoms with van der Waals surface area (Å²) in [6.07, 6.45) is 7.20. The Bertz CT molecular complexity index is 800. The normalized spacial score (nSPS) is 10.8. The van der Waals surface area contributed by atoms with Gasteiger partial charge in [0.2, 0.25) is 5.91 Å². The molecule has 0 aliphatic heterocycles. The Morgan fingerprint density at radius 3 is 2.83 bits per heavy atom. The van der Waals surface area contributed by atoms with Gasteiger partial charge in [0, 0.05) is 24.0 Å². The van der Waals surface area contributed by atoms with Crippen molar-refractivity contribution in [2.45, 2.75) is 19.3 Å². The first-order valence-corrected chi connectivity index (χ1v) is 7.74. The Morgan fingerprint density at radius 1 is 1.17 bits per heavy atom. The van der Waals surface area contributed by atoms with Gasteiger partial charge in [0.1, 0.15) is 6.33 Å². The fourth-order valence-corrected chi connectivity index (χ4v) is 2.38. The van der Waals surface area contributed by atoms with E-state index in [1.165, 1.54) is 6.33 Å². The van der Waals surface area contributed by atoms with Crippen LogP contribution in [0.25, 0.3) is 5.78 Å². The number of aromatic nitrogens is 4. The van der Waals surface area contributed by atoms with Gasteiger partial charge >= 0.3 is 0 Å². The molecule has 0 saturated carbocycles. The Morgan fingerprint density at radius 2 is 2.00 bits per heavy atom. The third-order valence-electron chi connectivity index (χ3n) is 3.43. The molecule has 0 bridgehead atoms. The van der Waals surface area contributed by atoms with Crippen LogP contribution in [0.1, 0.15) is 17.5 Å². The number of amides is 1. The lowest BCUT2D eigenvalue weighted by Gasteiger charge is -2.06. The lowest BCUT2D eigenvalue weighted by atomic mass is 10.1. The summed E-state index contributed by atoms with van der Waals surface area (Å²) in [6.45, 7) is 0.627. The summed E-state index contributed by atoms with van der Waals surface area (Å²) >= 11 is 5.82. The van der Waals surface area contributed by atoms with Crippen molar-refractivity contribution in [1.82, 2.24) is 24.9 Å². The molecule has 0 spiro atoms. The number of halogens is 1. The summed E-state index contributed by atoms with van der Waals surface area (Å²) in [6, 6.07) is 7.30. The van der Waals surface area contributed by atoms with Crippen LogP contribution in [0, 0.1) is 0 Å². The van der Waals surface area contributed by atoms with Gasteiger partial charge in [0.05, 0.1) is 6.42 Å². The Labute approximate surface area is 138 Å². The summed E-state index contributed by atoms with van der Waals surface area (Å²) in [7, 11) is 0. The lowest BCUT2D eigenvalue weighted by molar-refractivity contribution is -0.120. The van der Waals surface area contributed by atoms with Crippen LogP contribution in [-0.4, -0.2) is 32.0 Å². The molecular formula is C16H16ClN5O. The summed E-state index contributed by atoms with van der Waals surface area (Å²) in [5.41, 5.74) is 2.02. The molecule has 2 heterocycles. The van der Waals surface area contributed by atoms with Crippen LogP contribution in [0.5, 0.6) is 0 Å². The topological polar surface area (TPSA) is 72.2 Å². The van der Waals surface area contributed by atoms with Crippen LogP contribution in [0.2, 0.25) is 5.02 Å². The maximum Gasteiger partial charge on any atom is 0.252 e. The first-order valence-electron chi connectivity index (χ1n) is 7.36. The third kappa shape index (κ3) is 4.26. The molecule has 1 aromatic carbocycles. The minimum atomic E-state index is 0.0113. The third-order valence-corrected chi connectivity index (χ3v) is 3.68. The van der Waals surface area contributed by atoms with Gasteiger partial charge in [-0.05, 0) is 36.1 Å². The zero-order chi connectivity index (χ0) is 16.1. The molecule has 23 heavy (non-hydrogen) atoms. The molecule has 3 rings (SSSR count). The highest BCUT2D eigenvalue weighted by Crippen LogP contribution is 2.09. The van der Waals surface area contributed by atoms with Crippen LogP contribution < -0.4 is 5.32 Å².